The summed E-state index contributed by atoms with van der Waals surface area (Å²) >= 11 is 6.10. The fourth-order valence-electron chi connectivity index (χ4n) is 10.1. The van der Waals surface area contributed by atoms with Gasteiger partial charge in [-0.15, -0.1) is 10.2 Å². The second-order valence-corrected chi connectivity index (χ2v) is 14.5. The van der Waals surface area contributed by atoms with Gasteiger partial charge in [-0.3, -0.25) is 4.79 Å². The first-order chi connectivity index (χ1) is 19.0. The van der Waals surface area contributed by atoms with Crippen LogP contribution in [0.25, 0.3) is 10.9 Å². The third-order valence-electron chi connectivity index (χ3n) is 12.2. The molecule has 4 aliphatic carbocycles. The third-order valence-corrected chi connectivity index (χ3v) is 12.4. The van der Waals surface area contributed by atoms with Crippen molar-refractivity contribution in [3.8, 4) is 5.88 Å². The molecule has 10 atom stereocenters. The molecule has 0 aliphatic heterocycles. The zero-order valence-electron chi connectivity index (χ0n) is 23.9. The highest BCUT2D eigenvalue weighted by molar-refractivity contribution is 6.31. The molecular weight excluding hydrogens is 526 g/mol. The summed E-state index contributed by atoms with van der Waals surface area (Å²) in [6.07, 6.45) is 8.90. The molecule has 40 heavy (non-hydrogen) atoms. The number of carbonyl (C=O) groups is 1. The van der Waals surface area contributed by atoms with Gasteiger partial charge in [-0.2, -0.15) is 0 Å². The Bertz CT molecular complexity index is 1310. The van der Waals surface area contributed by atoms with Crippen LogP contribution in [0.5, 0.6) is 5.88 Å². The van der Waals surface area contributed by atoms with Crippen LogP contribution in [0.2, 0.25) is 5.02 Å². The number of amides is 1. The minimum atomic E-state index is -0.285. The molecule has 1 aromatic carbocycles. The Morgan fingerprint density at radius 3 is 2.65 bits per heavy atom. The summed E-state index contributed by atoms with van der Waals surface area (Å²) in [6.45, 7) is 7.19. The number of azo groups is 1. The van der Waals surface area contributed by atoms with E-state index in [1.807, 2.05) is 0 Å². The van der Waals surface area contributed by atoms with Gasteiger partial charge < -0.3 is 20.3 Å². The average Bonchev–Trinajstić information content (AvgIpc) is 3.42. The molecule has 4 aliphatic rings. The van der Waals surface area contributed by atoms with E-state index in [9.17, 15) is 20.1 Å². The summed E-state index contributed by atoms with van der Waals surface area (Å²) < 4.78 is 0. The van der Waals surface area contributed by atoms with Crippen molar-refractivity contribution in [2.45, 2.75) is 97.2 Å². The Labute approximate surface area is 241 Å². The molecule has 0 unspecified atom stereocenters. The fraction of sp³-hybridized carbons (Fsp3) is 0.719. The molecule has 7 nitrogen and oxygen atoms in total. The minimum absolute atomic E-state index is 0.128. The highest BCUT2D eigenvalue weighted by atomic mass is 35.5. The summed E-state index contributed by atoms with van der Waals surface area (Å²) in [5.74, 6) is 2.32. The lowest BCUT2D eigenvalue weighted by molar-refractivity contribution is -0.174. The standard InChI is InChI=1S/C32H44ClN3O4/c1-17(4-9-27(39)35-36-29-21-16-19(33)5-8-25(21)34-30(29)40)22-6-7-23-28-24(11-13-32(22,23)3)31(2)12-10-20(37)14-18(31)15-26(28)38/h5,8,16-18,20,22-24,26,28,34,37-38,40H,4,6-7,9-15H2,1-3H3/t17-,18+,20-,22-,23+,24+,26+,28+,31-,32-/m0/s1. The average molecular weight is 570 g/mol. The van der Waals surface area contributed by atoms with Crippen LogP contribution in [0.15, 0.2) is 28.4 Å². The largest absolute Gasteiger partial charge is 0.493 e. The predicted octanol–water partition coefficient (Wildman–Crippen LogP) is 7.54. The smallest absolute Gasteiger partial charge is 0.264 e. The van der Waals surface area contributed by atoms with Crippen molar-refractivity contribution in [1.82, 2.24) is 4.98 Å². The van der Waals surface area contributed by atoms with Crippen molar-refractivity contribution in [3.05, 3.63) is 23.2 Å². The molecule has 1 aromatic heterocycles. The van der Waals surface area contributed by atoms with Crippen LogP contribution in [0, 0.1) is 46.3 Å². The molecular formula is C32H44ClN3O4. The summed E-state index contributed by atoms with van der Waals surface area (Å²) in [6, 6.07) is 5.18. The van der Waals surface area contributed by atoms with Gasteiger partial charge in [0.15, 0.2) is 5.69 Å². The molecule has 2 aromatic rings. The third kappa shape index (κ3) is 4.60. The normalized spacial score (nSPS) is 40.1. The molecule has 4 N–H and O–H groups in total. The van der Waals surface area contributed by atoms with Crippen molar-refractivity contribution >= 4 is 34.1 Å². The summed E-state index contributed by atoms with van der Waals surface area (Å²) in [4.78, 5) is 15.6. The number of carbonyl (C=O) groups excluding carboxylic acids is 1. The number of hydrogen-bond acceptors (Lipinski definition) is 5. The van der Waals surface area contributed by atoms with Crippen molar-refractivity contribution < 1.29 is 20.1 Å². The van der Waals surface area contributed by atoms with E-state index in [2.05, 4.69) is 36.0 Å². The Balaban J connectivity index is 1.11. The van der Waals surface area contributed by atoms with E-state index in [4.69, 9.17) is 11.6 Å². The predicted molar refractivity (Wildman–Crippen MR) is 156 cm³/mol. The van der Waals surface area contributed by atoms with E-state index in [1.54, 1.807) is 18.2 Å². The number of aliphatic hydroxyl groups is 2. The van der Waals surface area contributed by atoms with Crippen LogP contribution in [-0.2, 0) is 4.79 Å². The van der Waals surface area contributed by atoms with Gasteiger partial charge in [0.1, 0.15) is 0 Å². The number of aromatic nitrogens is 1. The first-order valence-corrected chi connectivity index (χ1v) is 15.7. The Kier molecular flexibility index (Phi) is 7.32. The lowest BCUT2D eigenvalue weighted by Gasteiger charge is -2.62. The molecule has 8 heteroatoms. The highest BCUT2D eigenvalue weighted by Crippen LogP contribution is 2.68. The monoisotopic (exact) mass is 569 g/mol. The molecule has 1 amide bonds. The number of fused-ring (bicyclic) bond motifs is 6. The number of hydrogen-bond donors (Lipinski definition) is 4. The van der Waals surface area contributed by atoms with Crippen molar-refractivity contribution in [1.29, 1.82) is 0 Å². The molecule has 218 valence electrons. The van der Waals surface area contributed by atoms with Crippen molar-refractivity contribution in [3.63, 3.8) is 0 Å². The minimum Gasteiger partial charge on any atom is -0.493 e. The van der Waals surface area contributed by atoms with E-state index in [0.29, 0.717) is 57.9 Å². The number of H-pyrrole nitrogens is 1. The quantitative estimate of drug-likeness (QED) is 0.278. The maximum atomic E-state index is 12.7. The Morgan fingerprint density at radius 2 is 1.85 bits per heavy atom. The van der Waals surface area contributed by atoms with Crippen LogP contribution < -0.4 is 0 Å². The molecule has 0 spiro atoms. The Morgan fingerprint density at radius 1 is 1.10 bits per heavy atom. The number of aliphatic hydroxyl groups excluding tert-OH is 2. The summed E-state index contributed by atoms with van der Waals surface area (Å²) in [5.41, 5.74) is 1.33. The second-order valence-electron chi connectivity index (χ2n) is 14.1. The van der Waals surface area contributed by atoms with E-state index >= 15 is 0 Å². The van der Waals surface area contributed by atoms with Crippen LogP contribution >= 0.6 is 11.6 Å². The van der Waals surface area contributed by atoms with Gasteiger partial charge in [-0.1, -0.05) is 32.4 Å². The molecule has 4 saturated carbocycles. The van der Waals surface area contributed by atoms with E-state index < -0.39 is 0 Å². The first-order valence-electron chi connectivity index (χ1n) is 15.3. The van der Waals surface area contributed by atoms with Gasteiger partial charge in [0.05, 0.1) is 17.7 Å². The topological polar surface area (TPSA) is 118 Å². The number of rotatable bonds is 5. The summed E-state index contributed by atoms with van der Waals surface area (Å²) in [5, 5.41) is 41.2. The summed E-state index contributed by atoms with van der Waals surface area (Å²) in [7, 11) is 0. The number of aromatic hydroxyl groups is 1. The molecule has 4 fully saturated rings. The lowest BCUT2D eigenvalue weighted by Crippen LogP contribution is -2.58. The van der Waals surface area contributed by atoms with Gasteiger partial charge in [0.25, 0.3) is 5.91 Å². The molecule has 0 radical (unpaired) electrons. The number of nitrogens with one attached hydrogen (secondary N) is 1. The van der Waals surface area contributed by atoms with Gasteiger partial charge in [-0.05, 0) is 122 Å². The van der Waals surface area contributed by atoms with Gasteiger partial charge in [-0.25, -0.2) is 0 Å². The van der Waals surface area contributed by atoms with Crippen molar-refractivity contribution in [2.24, 2.45) is 56.6 Å². The zero-order chi connectivity index (χ0) is 28.4. The molecule has 0 bridgehead atoms. The number of halogens is 1. The maximum absolute atomic E-state index is 12.7. The van der Waals surface area contributed by atoms with Crippen molar-refractivity contribution in [2.75, 3.05) is 0 Å². The SMILES string of the molecule is C[C@@H](CCC(=O)N=Nc1c(O)[nH]c2ccc(Cl)cc12)[C@@H]1CC[C@@H]2[C@H]3[C@H](O)C[C@H]4C[C@@H](O)CC[C@]4(C)[C@@H]3CC[C@]21C. The molecule has 0 saturated heterocycles. The van der Waals surface area contributed by atoms with Crippen LogP contribution in [0.1, 0.15) is 85.0 Å². The zero-order valence-corrected chi connectivity index (χ0v) is 24.7. The van der Waals surface area contributed by atoms with Gasteiger partial charge in [0.2, 0.25) is 5.88 Å². The molecule has 6 rings (SSSR count). The highest BCUT2D eigenvalue weighted by Gasteiger charge is 2.62. The fourth-order valence-corrected chi connectivity index (χ4v) is 10.3. The van der Waals surface area contributed by atoms with E-state index in [1.165, 1.54) is 6.42 Å². The first kappa shape index (κ1) is 28.2. The van der Waals surface area contributed by atoms with Crippen LogP contribution in [0.4, 0.5) is 5.69 Å². The van der Waals surface area contributed by atoms with E-state index in [0.717, 1.165) is 51.4 Å². The molecule has 1 heterocycles. The van der Waals surface area contributed by atoms with Crippen LogP contribution in [0.3, 0.4) is 0 Å². The Hall–Kier alpha value is -1.96. The maximum Gasteiger partial charge on any atom is 0.264 e. The number of benzene rings is 1. The van der Waals surface area contributed by atoms with E-state index in [-0.39, 0.29) is 40.5 Å². The van der Waals surface area contributed by atoms with Gasteiger partial charge in [0, 0.05) is 16.8 Å². The second kappa shape index (κ2) is 10.4. The lowest BCUT2D eigenvalue weighted by atomic mass is 9.43. The van der Waals surface area contributed by atoms with Gasteiger partial charge >= 0.3 is 0 Å². The van der Waals surface area contributed by atoms with Crippen LogP contribution in [-0.4, -0.2) is 38.4 Å². The number of aromatic amines is 1. The number of nitrogens with zero attached hydrogens (tertiary/aromatic N) is 2.